The van der Waals surface area contributed by atoms with Crippen molar-refractivity contribution in [3.8, 4) is 0 Å². The van der Waals surface area contributed by atoms with E-state index in [-0.39, 0.29) is 0 Å². The van der Waals surface area contributed by atoms with Crippen LogP contribution in [0.2, 0.25) is 0 Å². The third kappa shape index (κ3) is 2.55. The Labute approximate surface area is 81.2 Å². The summed E-state index contributed by atoms with van der Waals surface area (Å²) in [6, 6.07) is 0.925. The zero-order chi connectivity index (χ0) is 9.84. The molecule has 13 heavy (non-hydrogen) atoms. The molecule has 0 saturated carbocycles. The van der Waals surface area contributed by atoms with Crippen LogP contribution in [-0.2, 0) is 0 Å². The van der Waals surface area contributed by atoms with Crippen LogP contribution in [0.15, 0.2) is 12.2 Å². The molecule has 1 N–H and O–H groups in total. The van der Waals surface area contributed by atoms with E-state index in [9.17, 15) is 5.11 Å². The van der Waals surface area contributed by atoms with E-state index in [2.05, 4.69) is 37.8 Å². The van der Waals surface area contributed by atoms with Crippen LogP contribution in [0.3, 0.4) is 0 Å². The molecule has 0 radical (unpaired) electrons. The standard InChI is InChI=1S/C11H21NO/c1-4-5-10-6-11(8-13)12(7-10)9(2)3/h4-5,9-11,13H,6-8H2,1-3H3/b5-4+. The summed E-state index contributed by atoms with van der Waals surface area (Å²) in [6.07, 6.45) is 5.48. The number of hydrogen-bond acceptors (Lipinski definition) is 2. The van der Waals surface area contributed by atoms with Crippen molar-refractivity contribution in [1.82, 2.24) is 4.90 Å². The maximum absolute atomic E-state index is 9.21. The van der Waals surface area contributed by atoms with Gasteiger partial charge in [-0.25, -0.2) is 0 Å². The lowest BCUT2D eigenvalue weighted by atomic mass is 10.1. The highest BCUT2D eigenvalue weighted by atomic mass is 16.3. The number of aliphatic hydroxyl groups excluding tert-OH is 1. The van der Waals surface area contributed by atoms with Gasteiger partial charge in [0.25, 0.3) is 0 Å². The van der Waals surface area contributed by atoms with E-state index in [1.54, 1.807) is 0 Å². The van der Waals surface area contributed by atoms with Crippen molar-refractivity contribution in [3.63, 3.8) is 0 Å². The van der Waals surface area contributed by atoms with Gasteiger partial charge >= 0.3 is 0 Å². The Kier molecular flexibility index (Phi) is 3.94. The lowest BCUT2D eigenvalue weighted by Crippen LogP contribution is -2.37. The molecule has 0 bridgehead atoms. The van der Waals surface area contributed by atoms with Crippen molar-refractivity contribution in [1.29, 1.82) is 0 Å². The molecule has 2 heteroatoms. The molecule has 1 fully saturated rings. The summed E-state index contributed by atoms with van der Waals surface area (Å²) >= 11 is 0. The number of aliphatic hydroxyl groups is 1. The van der Waals surface area contributed by atoms with E-state index in [1.165, 1.54) is 0 Å². The Balaban J connectivity index is 2.55. The molecular weight excluding hydrogens is 162 g/mol. The first-order valence-corrected chi connectivity index (χ1v) is 5.18. The Morgan fingerprint density at radius 3 is 2.62 bits per heavy atom. The van der Waals surface area contributed by atoms with Crippen LogP contribution in [0.25, 0.3) is 0 Å². The molecule has 2 nitrogen and oxygen atoms in total. The van der Waals surface area contributed by atoms with Gasteiger partial charge in [0.05, 0.1) is 6.61 Å². The van der Waals surface area contributed by atoms with Gasteiger partial charge in [0.1, 0.15) is 0 Å². The van der Waals surface area contributed by atoms with Gasteiger partial charge in [0, 0.05) is 18.6 Å². The quantitative estimate of drug-likeness (QED) is 0.673. The third-order valence-corrected chi connectivity index (χ3v) is 2.83. The first kappa shape index (κ1) is 10.7. The second kappa shape index (κ2) is 4.77. The zero-order valence-corrected chi connectivity index (χ0v) is 8.90. The van der Waals surface area contributed by atoms with Crippen molar-refractivity contribution < 1.29 is 5.11 Å². The van der Waals surface area contributed by atoms with Gasteiger partial charge in [0.2, 0.25) is 0 Å². The summed E-state index contributed by atoms with van der Waals surface area (Å²) < 4.78 is 0. The fourth-order valence-electron chi connectivity index (χ4n) is 2.20. The van der Waals surface area contributed by atoms with Crippen LogP contribution in [0.5, 0.6) is 0 Å². The summed E-state index contributed by atoms with van der Waals surface area (Å²) in [5.41, 5.74) is 0. The molecule has 0 aromatic carbocycles. The molecular formula is C11H21NO. The topological polar surface area (TPSA) is 23.5 Å². The van der Waals surface area contributed by atoms with Crippen LogP contribution >= 0.6 is 0 Å². The van der Waals surface area contributed by atoms with Gasteiger partial charge in [-0.15, -0.1) is 0 Å². The third-order valence-electron chi connectivity index (χ3n) is 2.83. The summed E-state index contributed by atoms with van der Waals surface area (Å²) in [5, 5.41) is 9.21. The van der Waals surface area contributed by atoms with Crippen molar-refractivity contribution in [2.24, 2.45) is 5.92 Å². The van der Waals surface area contributed by atoms with Crippen molar-refractivity contribution in [2.45, 2.75) is 39.3 Å². The van der Waals surface area contributed by atoms with E-state index in [1.807, 2.05) is 0 Å². The minimum Gasteiger partial charge on any atom is -0.395 e. The Morgan fingerprint density at radius 1 is 1.54 bits per heavy atom. The lowest BCUT2D eigenvalue weighted by Gasteiger charge is -2.26. The van der Waals surface area contributed by atoms with E-state index in [4.69, 9.17) is 0 Å². The fraction of sp³-hybridized carbons (Fsp3) is 0.818. The molecule has 1 saturated heterocycles. The van der Waals surface area contributed by atoms with Crippen molar-refractivity contribution in [2.75, 3.05) is 13.2 Å². The van der Waals surface area contributed by atoms with Crippen LogP contribution in [0, 0.1) is 5.92 Å². The van der Waals surface area contributed by atoms with Crippen molar-refractivity contribution >= 4 is 0 Å². The highest BCUT2D eigenvalue weighted by molar-refractivity contribution is 4.96. The summed E-state index contributed by atoms with van der Waals surface area (Å²) in [6.45, 7) is 7.85. The summed E-state index contributed by atoms with van der Waals surface area (Å²) in [4.78, 5) is 2.39. The summed E-state index contributed by atoms with van der Waals surface area (Å²) in [7, 11) is 0. The number of nitrogens with zero attached hydrogens (tertiary/aromatic N) is 1. The molecule has 1 aliphatic rings. The predicted octanol–water partition coefficient (Wildman–Crippen LogP) is 1.65. The smallest absolute Gasteiger partial charge is 0.0587 e. The second-order valence-electron chi connectivity index (χ2n) is 4.15. The van der Waals surface area contributed by atoms with Gasteiger partial charge in [0.15, 0.2) is 0 Å². The average Bonchev–Trinajstić information content (AvgIpc) is 2.48. The molecule has 0 aromatic rings. The Morgan fingerprint density at radius 2 is 2.23 bits per heavy atom. The van der Waals surface area contributed by atoms with Gasteiger partial charge in [-0.2, -0.15) is 0 Å². The molecule has 0 aliphatic carbocycles. The Bertz CT molecular complexity index is 177. The monoisotopic (exact) mass is 183 g/mol. The minimum absolute atomic E-state index is 0.298. The van der Waals surface area contributed by atoms with E-state index in [0.717, 1.165) is 13.0 Å². The van der Waals surface area contributed by atoms with Gasteiger partial charge in [-0.3, -0.25) is 4.90 Å². The van der Waals surface area contributed by atoms with E-state index >= 15 is 0 Å². The van der Waals surface area contributed by atoms with E-state index < -0.39 is 0 Å². The number of likely N-dealkylation sites (tertiary alicyclic amines) is 1. The molecule has 1 rings (SSSR count). The fourth-order valence-corrected chi connectivity index (χ4v) is 2.20. The van der Waals surface area contributed by atoms with Gasteiger partial charge < -0.3 is 5.11 Å². The van der Waals surface area contributed by atoms with Crippen LogP contribution in [0.4, 0.5) is 0 Å². The molecule has 0 spiro atoms. The number of hydrogen-bond donors (Lipinski definition) is 1. The SMILES string of the molecule is C/C=C/C1CC(CO)N(C(C)C)C1. The second-order valence-corrected chi connectivity index (χ2v) is 4.15. The first-order chi connectivity index (χ1) is 6.19. The maximum Gasteiger partial charge on any atom is 0.0587 e. The molecule has 2 atom stereocenters. The highest BCUT2D eigenvalue weighted by Crippen LogP contribution is 2.25. The summed E-state index contributed by atoms with van der Waals surface area (Å²) in [5.74, 6) is 0.643. The number of rotatable bonds is 3. The van der Waals surface area contributed by atoms with Crippen LogP contribution in [-0.4, -0.2) is 35.2 Å². The molecule has 0 aromatic heterocycles. The molecule has 76 valence electrons. The van der Waals surface area contributed by atoms with Crippen LogP contribution < -0.4 is 0 Å². The lowest BCUT2D eigenvalue weighted by molar-refractivity contribution is 0.132. The average molecular weight is 183 g/mol. The molecule has 2 unspecified atom stereocenters. The minimum atomic E-state index is 0.298. The molecule has 1 aliphatic heterocycles. The normalized spacial score (nSPS) is 30.8. The van der Waals surface area contributed by atoms with Gasteiger partial charge in [-0.05, 0) is 33.1 Å². The predicted molar refractivity (Wildman–Crippen MR) is 55.6 cm³/mol. The maximum atomic E-state index is 9.21. The van der Waals surface area contributed by atoms with E-state index in [0.29, 0.717) is 24.6 Å². The first-order valence-electron chi connectivity index (χ1n) is 5.18. The highest BCUT2D eigenvalue weighted by Gasteiger charge is 2.31. The largest absolute Gasteiger partial charge is 0.395 e. The van der Waals surface area contributed by atoms with Crippen molar-refractivity contribution in [3.05, 3.63) is 12.2 Å². The number of allylic oxidation sites excluding steroid dienone is 1. The zero-order valence-electron chi connectivity index (χ0n) is 8.90. The Hall–Kier alpha value is -0.340. The molecule has 0 amide bonds. The van der Waals surface area contributed by atoms with Gasteiger partial charge in [-0.1, -0.05) is 12.2 Å². The molecule has 1 heterocycles. The van der Waals surface area contributed by atoms with Crippen LogP contribution in [0.1, 0.15) is 27.2 Å².